The van der Waals surface area contributed by atoms with Crippen LogP contribution in [0.5, 0.6) is 0 Å². The summed E-state index contributed by atoms with van der Waals surface area (Å²) >= 11 is 13.0. The highest BCUT2D eigenvalue weighted by molar-refractivity contribution is 6.35. The van der Waals surface area contributed by atoms with E-state index in [-0.39, 0.29) is 31.3 Å². The molecule has 1 aliphatic heterocycles. The van der Waals surface area contributed by atoms with E-state index < -0.39 is 29.8 Å². The number of Topliss-reactive ketones (excluding diaryl/α,β-unsaturated/α-hetero) is 1. The molecule has 2 amide bonds. The summed E-state index contributed by atoms with van der Waals surface area (Å²) in [6, 6.07) is 16.2. The van der Waals surface area contributed by atoms with E-state index in [0.29, 0.717) is 51.7 Å². The second-order valence-electron chi connectivity index (χ2n) is 10.7. The maximum Gasteiger partial charge on any atom is 0.254 e. The van der Waals surface area contributed by atoms with E-state index in [2.05, 4.69) is 10.5 Å². The monoisotopic (exact) mass is 609 g/mol. The number of hydrogen-bond donors (Lipinski definition) is 2. The maximum atomic E-state index is 14.4. The van der Waals surface area contributed by atoms with Gasteiger partial charge in [0.05, 0.1) is 17.7 Å². The Morgan fingerprint density at radius 1 is 1.02 bits per heavy atom. The van der Waals surface area contributed by atoms with Crippen molar-refractivity contribution in [3.8, 4) is 0 Å². The van der Waals surface area contributed by atoms with Crippen LogP contribution in [-0.2, 0) is 21.0 Å². The molecule has 1 saturated carbocycles. The summed E-state index contributed by atoms with van der Waals surface area (Å²) in [5.74, 6) is -2.01. The number of ketones is 1. The predicted molar refractivity (Wildman–Crippen MR) is 159 cm³/mol. The van der Waals surface area contributed by atoms with Crippen LogP contribution in [0, 0.1) is 5.92 Å². The Morgan fingerprint density at radius 2 is 1.81 bits per heavy atom. The molecular formula is C32H33Cl2N3O5. The minimum Gasteiger partial charge on any atom is -0.396 e. The van der Waals surface area contributed by atoms with Crippen LogP contribution in [0.4, 0.5) is 0 Å². The number of aromatic nitrogens is 1. The summed E-state index contributed by atoms with van der Waals surface area (Å²) in [5.41, 5.74) is 4.74. The largest absolute Gasteiger partial charge is 0.396 e. The van der Waals surface area contributed by atoms with Gasteiger partial charge in [0.1, 0.15) is 12.4 Å². The fourth-order valence-electron chi connectivity index (χ4n) is 6.26. The number of fused-ring (bicyclic) bond motifs is 1. The maximum absolute atomic E-state index is 14.4. The third kappa shape index (κ3) is 6.37. The Labute approximate surface area is 254 Å². The highest BCUT2D eigenvalue weighted by Gasteiger charge is 2.50. The molecule has 2 aliphatic rings. The summed E-state index contributed by atoms with van der Waals surface area (Å²) in [5, 5.41) is 10.1. The number of aliphatic hydroxyl groups excluding tert-OH is 1. The molecule has 4 unspecified atom stereocenters. The van der Waals surface area contributed by atoms with Gasteiger partial charge in [-0.3, -0.25) is 24.2 Å². The lowest BCUT2D eigenvalue weighted by Gasteiger charge is -2.49. The van der Waals surface area contributed by atoms with Gasteiger partial charge in [-0.1, -0.05) is 66.4 Å². The Balaban J connectivity index is 1.58. The van der Waals surface area contributed by atoms with Gasteiger partial charge in [-0.05, 0) is 60.7 Å². The fraction of sp³-hybridized carbons (Fsp3) is 0.375. The highest BCUT2D eigenvalue weighted by atomic mass is 35.5. The molecule has 1 fully saturated rings. The average Bonchev–Trinajstić information content (AvgIpc) is 3.00. The van der Waals surface area contributed by atoms with Gasteiger partial charge in [-0.2, -0.15) is 0 Å². The molecule has 220 valence electrons. The molecule has 2 aromatic carbocycles. The zero-order chi connectivity index (χ0) is 29.6. The van der Waals surface area contributed by atoms with Crippen molar-refractivity contribution in [1.29, 1.82) is 0 Å². The summed E-state index contributed by atoms with van der Waals surface area (Å²) in [7, 11) is 0. The Kier molecular flexibility index (Phi) is 9.90. The smallest absolute Gasteiger partial charge is 0.254 e. The second-order valence-corrected chi connectivity index (χ2v) is 11.6. The lowest BCUT2D eigenvalue weighted by Crippen LogP contribution is -2.55. The van der Waals surface area contributed by atoms with E-state index in [0.717, 1.165) is 12.8 Å². The molecule has 8 nitrogen and oxygen atoms in total. The first-order chi connectivity index (χ1) is 20.4. The zero-order valence-electron chi connectivity index (χ0n) is 23.0. The molecule has 3 aromatic rings. The molecule has 0 saturated heterocycles. The number of nitrogens with zero attached hydrogens (tertiary/aromatic N) is 2. The molecule has 1 aliphatic carbocycles. The van der Waals surface area contributed by atoms with Crippen LogP contribution < -0.4 is 5.48 Å². The minimum atomic E-state index is -0.892. The minimum absolute atomic E-state index is 0.0149. The van der Waals surface area contributed by atoms with Crippen molar-refractivity contribution in [1.82, 2.24) is 15.4 Å². The Hall–Kier alpha value is -3.30. The molecule has 42 heavy (non-hydrogen) atoms. The lowest BCUT2D eigenvalue weighted by molar-refractivity contribution is -0.138. The van der Waals surface area contributed by atoms with Gasteiger partial charge in [-0.25, -0.2) is 5.48 Å². The average molecular weight is 611 g/mol. The van der Waals surface area contributed by atoms with Gasteiger partial charge in [0.2, 0.25) is 0 Å². The van der Waals surface area contributed by atoms with Crippen LogP contribution in [0.15, 0.2) is 66.9 Å². The van der Waals surface area contributed by atoms with E-state index in [1.54, 1.807) is 65.7 Å². The molecule has 0 radical (unpaired) electrons. The summed E-state index contributed by atoms with van der Waals surface area (Å²) in [6.07, 6.45) is 5.18. The van der Waals surface area contributed by atoms with Gasteiger partial charge in [0.25, 0.3) is 11.8 Å². The van der Waals surface area contributed by atoms with Crippen molar-refractivity contribution in [3.05, 3.63) is 99.3 Å². The van der Waals surface area contributed by atoms with Crippen molar-refractivity contribution in [2.24, 2.45) is 5.92 Å². The van der Waals surface area contributed by atoms with E-state index in [9.17, 15) is 19.5 Å². The number of pyridine rings is 1. The second kappa shape index (κ2) is 13.8. The first-order valence-corrected chi connectivity index (χ1v) is 15.0. The third-order valence-corrected chi connectivity index (χ3v) is 8.70. The van der Waals surface area contributed by atoms with Crippen LogP contribution in [-0.4, -0.2) is 45.2 Å². The molecule has 4 atom stereocenters. The van der Waals surface area contributed by atoms with E-state index in [4.69, 9.17) is 28.0 Å². The SMILES string of the molecule is O=C(CCCO)C1CCCCC1N1C(=O)c2ccccc2C(C(=O)NOCc2ccccn2)C1c1ccc(Cl)cc1Cl. The molecule has 2 heterocycles. The molecule has 1 aromatic heterocycles. The first-order valence-electron chi connectivity index (χ1n) is 14.2. The number of carbonyl (C=O) groups excluding carboxylic acids is 3. The number of aliphatic hydroxyl groups is 1. The first kappa shape index (κ1) is 30.2. The number of hydrogen-bond acceptors (Lipinski definition) is 6. The third-order valence-electron chi connectivity index (χ3n) is 8.14. The fourth-order valence-corrected chi connectivity index (χ4v) is 6.78. The van der Waals surface area contributed by atoms with Crippen molar-refractivity contribution < 1.29 is 24.3 Å². The van der Waals surface area contributed by atoms with Crippen molar-refractivity contribution in [3.63, 3.8) is 0 Å². The van der Waals surface area contributed by atoms with Gasteiger partial charge in [0.15, 0.2) is 0 Å². The summed E-state index contributed by atoms with van der Waals surface area (Å²) in [6.45, 7) is -0.0249. The number of nitrogens with one attached hydrogen (secondary N) is 1. The molecule has 2 N–H and O–H groups in total. The van der Waals surface area contributed by atoms with Crippen LogP contribution in [0.2, 0.25) is 10.0 Å². The van der Waals surface area contributed by atoms with Crippen LogP contribution in [0.25, 0.3) is 0 Å². The van der Waals surface area contributed by atoms with Crippen LogP contribution >= 0.6 is 23.2 Å². The molecule has 10 heteroatoms. The van der Waals surface area contributed by atoms with Gasteiger partial charge in [-0.15, -0.1) is 0 Å². The predicted octanol–water partition coefficient (Wildman–Crippen LogP) is 5.82. The number of amides is 2. The van der Waals surface area contributed by atoms with E-state index in [1.807, 2.05) is 6.07 Å². The normalized spacial score (nSPS) is 22.0. The number of rotatable bonds is 10. The number of carbonyl (C=O) groups is 3. The molecule has 0 spiro atoms. The number of benzene rings is 2. The quantitative estimate of drug-likeness (QED) is 0.280. The molecule has 0 bridgehead atoms. The van der Waals surface area contributed by atoms with Gasteiger partial charge >= 0.3 is 0 Å². The summed E-state index contributed by atoms with van der Waals surface area (Å²) < 4.78 is 0. The van der Waals surface area contributed by atoms with E-state index in [1.165, 1.54) is 0 Å². The van der Waals surface area contributed by atoms with E-state index >= 15 is 0 Å². The standard InChI is InChI=1S/C32H33Cl2N3O5/c33-20-14-15-24(26(34)18-20)30-29(31(40)36-42-19-21-8-5-6-16-35-21)22-9-1-2-10-23(22)32(41)37(30)27-12-4-3-11-25(27)28(39)13-7-17-38/h1-2,5-6,8-10,14-16,18,25,27,29-30,38H,3-4,7,11-13,17,19H2,(H,36,40). The number of halogens is 2. The summed E-state index contributed by atoms with van der Waals surface area (Å²) in [4.78, 5) is 53.4. The van der Waals surface area contributed by atoms with Crippen molar-refractivity contribution in [2.45, 2.75) is 63.1 Å². The molecular weight excluding hydrogens is 577 g/mol. The van der Waals surface area contributed by atoms with Crippen molar-refractivity contribution in [2.75, 3.05) is 6.61 Å². The highest BCUT2D eigenvalue weighted by Crippen LogP contribution is 2.48. The number of hydroxylamine groups is 1. The Morgan fingerprint density at radius 3 is 2.57 bits per heavy atom. The van der Waals surface area contributed by atoms with Crippen LogP contribution in [0.3, 0.4) is 0 Å². The lowest BCUT2D eigenvalue weighted by atomic mass is 9.74. The topological polar surface area (TPSA) is 109 Å². The van der Waals surface area contributed by atoms with Crippen molar-refractivity contribution >= 4 is 40.8 Å². The van der Waals surface area contributed by atoms with Gasteiger partial charge < -0.3 is 10.0 Å². The Bertz CT molecular complexity index is 1440. The van der Waals surface area contributed by atoms with Crippen LogP contribution in [0.1, 0.15) is 77.7 Å². The molecule has 5 rings (SSSR count). The zero-order valence-corrected chi connectivity index (χ0v) is 24.6. The van der Waals surface area contributed by atoms with Gasteiger partial charge in [0, 0.05) is 46.8 Å².